The molecule has 0 fully saturated rings. The van der Waals surface area contributed by atoms with E-state index in [9.17, 15) is 0 Å². The summed E-state index contributed by atoms with van der Waals surface area (Å²) in [4.78, 5) is 0. The molecular formula is C4H13ClOSi2. The van der Waals surface area contributed by atoms with E-state index in [0.29, 0.717) is 0 Å². The van der Waals surface area contributed by atoms with Crippen LogP contribution in [0.15, 0.2) is 0 Å². The van der Waals surface area contributed by atoms with Gasteiger partial charge in [0, 0.05) is 6.23 Å². The maximum Gasteiger partial charge on any atom is 0.183 e. The molecule has 0 amide bonds. The van der Waals surface area contributed by atoms with Gasteiger partial charge in [0.2, 0.25) is 0 Å². The molecule has 0 aliphatic heterocycles. The van der Waals surface area contributed by atoms with Crippen molar-refractivity contribution in [1.29, 1.82) is 0 Å². The maximum absolute atomic E-state index is 5.54. The SMILES string of the molecule is C[Si](C)(C)OC[SiH2]Cl. The van der Waals surface area contributed by atoms with Gasteiger partial charge in [-0.1, -0.05) is 0 Å². The first-order chi connectivity index (χ1) is 3.56. The molecule has 4 heteroatoms. The fraction of sp³-hybridized carbons (Fsp3) is 1.00. The van der Waals surface area contributed by atoms with Crippen LogP contribution in [-0.2, 0) is 4.43 Å². The van der Waals surface area contributed by atoms with Crippen molar-refractivity contribution >= 4 is 28.2 Å². The summed E-state index contributed by atoms with van der Waals surface area (Å²) in [6, 6.07) is 0. The zero-order valence-corrected chi connectivity index (χ0v) is 8.87. The first-order valence-corrected chi connectivity index (χ1v) is 9.31. The Hall–Kier alpha value is 0.684. The van der Waals surface area contributed by atoms with Gasteiger partial charge in [0.15, 0.2) is 17.1 Å². The van der Waals surface area contributed by atoms with Crippen LogP contribution in [-0.4, -0.2) is 23.4 Å². The topological polar surface area (TPSA) is 9.23 Å². The number of hydrogen-bond donors (Lipinski definition) is 0. The maximum atomic E-state index is 5.54. The van der Waals surface area contributed by atoms with Crippen LogP contribution in [0.25, 0.3) is 0 Å². The Bertz CT molecular complexity index is 61.5. The van der Waals surface area contributed by atoms with Crippen LogP contribution in [0, 0.1) is 0 Å². The van der Waals surface area contributed by atoms with E-state index in [-0.39, 0.29) is 8.83 Å². The molecule has 0 aromatic rings. The highest BCUT2D eigenvalue weighted by atomic mass is 35.6. The van der Waals surface area contributed by atoms with E-state index in [1.807, 2.05) is 0 Å². The average molecular weight is 169 g/mol. The Morgan fingerprint density at radius 1 is 1.50 bits per heavy atom. The van der Waals surface area contributed by atoms with E-state index in [0.717, 1.165) is 6.23 Å². The van der Waals surface area contributed by atoms with E-state index in [4.69, 9.17) is 15.5 Å². The van der Waals surface area contributed by atoms with Gasteiger partial charge in [-0.2, -0.15) is 11.1 Å². The minimum absolute atomic E-state index is 0.381. The molecule has 0 rings (SSSR count). The molecular weight excluding hydrogens is 156 g/mol. The van der Waals surface area contributed by atoms with Crippen LogP contribution in [0.4, 0.5) is 0 Å². The van der Waals surface area contributed by atoms with Gasteiger partial charge < -0.3 is 4.43 Å². The van der Waals surface area contributed by atoms with Crippen molar-refractivity contribution in [2.24, 2.45) is 0 Å². The molecule has 0 unspecified atom stereocenters. The molecule has 50 valence electrons. The van der Waals surface area contributed by atoms with Crippen molar-refractivity contribution in [3.05, 3.63) is 0 Å². The summed E-state index contributed by atoms with van der Waals surface area (Å²) in [6.07, 6.45) is 0.845. The van der Waals surface area contributed by atoms with Gasteiger partial charge in [-0.15, -0.1) is 0 Å². The summed E-state index contributed by atoms with van der Waals surface area (Å²) < 4.78 is 5.45. The Kier molecular flexibility index (Phi) is 3.97. The lowest BCUT2D eigenvalue weighted by Crippen LogP contribution is -2.26. The highest BCUT2D eigenvalue weighted by Crippen LogP contribution is 2.00. The molecule has 8 heavy (non-hydrogen) atoms. The summed E-state index contributed by atoms with van der Waals surface area (Å²) in [5.41, 5.74) is 0. The second-order valence-corrected chi connectivity index (χ2v) is 9.08. The average Bonchev–Trinajstić information content (AvgIpc) is 1.59. The predicted molar refractivity (Wildman–Crippen MR) is 43.7 cm³/mol. The van der Waals surface area contributed by atoms with Gasteiger partial charge in [0.05, 0.1) is 0 Å². The first-order valence-electron chi connectivity index (χ1n) is 2.76. The third-order valence-corrected chi connectivity index (χ3v) is 2.91. The first kappa shape index (κ1) is 8.68. The van der Waals surface area contributed by atoms with E-state index in [1.165, 1.54) is 0 Å². The standard InChI is InChI=1S/C4H13ClOSi2/c1-8(2,3)6-4-7-5/h4,7H2,1-3H3. The second-order valence-electron chi connectivity index (χ2n) is 2.65. The predicted octanol–water partition coefficient (Wildman–Crippen LogP) is 1.12. The Morgan fingerprint density at radius 2 is 2.00 bits per heavy atom. The third kappa shape index (κ3) is 6.68. The van der Waals surface area contributed by atoms with Crippen molar-refractivity contribution in [3.8, 4) is 0 Å². The fourth-order valence-corrected chi connectivity index (χ4v) is 3.80. The van der Waals surface area contributed by atoms with Crippen LogP contribution >= 0.6 is 11.1 Å². The van der Waals surface area contributed by atoms with E-state index in [1.54, 1.807) is 0 Å². The number of hydrogen-bond acceptors (Lipinski definition) is 1. The van der Waals surface area contributed by atoms with E-state index in [2.05, 4.69) is 19.6 Å². The molecule has 0 aromatic heterocycles. The van der Waals surface area contributed by atoms with Crippen molar-refractivity contribution in [3.63, 3.8) is 0 Å². The fourth-order valence-electron chi connectivity index (χ4n) is 0.345. The highest BCUT2D eigenvalue weighted by molar-refractivity contribution is 6.94. The number of rotatable bonds is 3. The molecule has 0 radical (unpaired) electrons. The largest absolute Gasteiger partial charge is 0.420 e. The number of halogens is 1. The quantitative estimate of drug-likeness (QED) is 0.454. The zero-order valence-electron chi connectivity index (χ0n) is 5.70. The van der Waals surface area contributed by atoms with Crippen LogP contribution < -0.4 is 0 Å². The van der Waals surface area contributed by atoms with Crippen molar-refractivity contribution in [2.45, 2.75) is 19.6 Å². The van der Waals surface area contributed by atoms with Gasteiger partial charge in [-0.3, -0.25) is 0 Å². The smallest absolute Gasteiger partial charge is 0.183 e. The molecule has 0 saturated carbocycles. The Balaban J connectivity index is 3.11. The summed E-state index contributed by atoms with van der Waals surface area (Å²) in [6.45, 7) is 6.52. The Morgan fingerprint density at radius 3 is 2.12 bits per heavy atom. The molecule has 0 atom stereocenters. The van der Waals surface area contributed by atoms with Crippen LogP contribution in [0.1, 0.15) is 0 Å². The third-order valence-electron chi connectivity index (χ3n) is 0.612. The van der Waals surface area contributed by atoms with E-state index < -0.39 is 8.32 Å². The molecule has 0 heterocycles. The van der Waals surface area contributed by atoms with Crippen LogP contribution in [0.3, 0.4) is 0 Å². The van der Waals surface area contributed by atoms with Crippen molar-refractivity contribution in [2.75, 3.05) is 6.23 Å². The molecule has 1 nitrogen and oxygen atoms in total. The molecule has 0 spiro atoms. The summed E-state index contributed by atoms with van der Waals surface area (Å²) in [5.74, 6) is 0. The molecule has 0 aromatic carbocycles. The molecule has 0 saturated heterocycles. The molecule has 0 aliphatic rings. The molecule has 0 N–H and O–H groups in total. The summed E-state index contributed by atoms with van der Waals surface area (Å²) >= 11 is 5.54. The monoisotopic (exact) mass is 168 g/mol. The highest BCUT2D eigenvalue weighted by Gasteiger charge is 2.12. The molecule has 0 bridgehead atoms. The lowest BCUT2D eigenvalue weighted by molar-refractivity contribution is 0.381. The lowest BCUT2D eigenvalue weighted by atomic mass is 11.7. The zero-order chi connectivity index (χ0) is 6.62. The van der Waals surface area contributed by atoms with Gasteiger partial charge >= 0.3 is 0 Å². The summed E-state index contributed by atoms with van der Waals surface area (Å²) in [7, 11) is -1.61. The van der Waals surface area contributed by atoms with Crippen LogP contribution in [0.2, 0.25) is 19.6 Å². The van der Waals surface area contributed by atoms with Gasteiger partial charge in [-0.05, 0) is 19.6 Å². The van der Waals surface area contributed by atoms with Gasteiger partial charge in [0.1, 0.15) is 0 Å². The lowest BCUT2D eigenvalue weighted by Gasteiger charge is -2.14. The van der Waals surface area contributed by atoms with Crippen molar-refractivity contribution < 1.29 is 4.43 Å². The minimum Gasteiger partial charge on any atom is -0.420 e. The second kappa shape index (κ2) is 3.66. The molecule has 0 aliphatic carbocycles. The Labute approximate surface area is 59.0 Å². The van der Waals surface area contributed by atoms with Gasteiger partial charge in [-0.25, -0.2) is 0 Å². The normalized spacial score (nSPS) is 13.5. The van der Waals surface area contributed by atoms with Crippen LogP contribution in [0.5, 0.6) is 0 Å². The van der Waals surface area contributed by atoms with E-state index >= 15 is 0 Å². The van der Waals surface area contributed by atoms with Gasteiger partial charge in [0.25, 0.3) is 0 Å². The summed E-state index contributed by atoms with van der Waals surface area (Å²) in [5, 5.41) is 0. The van der Waals surface area contributed by atoms with Crippen molar-refractivity contribution in [1.82, 2.24) is 0 Å². The minimum atomic E-state index is -1.23.